The standard InChI is InChI=1S/C28H35N5O5S/c1-5-38-20-11-9-19(10-12-20)24(27(35)31-14-13-17(2)3)33(16-18-7-6-8-21(15-18)37-4)28(36)25-22(29)23(26(30)34)32-39-25/h6-12,15,17,24H,5,13-14,16,29H2,1-4H3,(H2,30,34)(H,31,35)/t24-/m0/s1. The van der Waals surface area contributed by atoms with Crippen LogP contribution in [0.25, 0.3) is 0 Å². The molecule has 11 heteroatoms. The zero-order chi connectivity index (χ0) is 28.5. The molecular weight excluding hydrogens is 518 g/mol. The highest BCUT2D eigenvalue weighted by molar-refractivity contribution is 7.09. The van der Waals surface area contributed by atoms with Crippen LogP contribution >= 0.6 is 11.5 Å². The lowest BCUT2D eigenvalue weighted by molar-refractivity contribution is -0.126. The molecule has 5 N–H and O–H groups in total. The van der Waals surface area contributed by atoms with Gasteiger partial charge in [0.25, 0.3) is 11.8 Å². The maximum absolute atomic E-state index is 14.1. The topological polar surface area (TPSA) is 150 Å². The molecular formula is C28H35N5O5S. The summed E-state index contributed by atoms with van der Waals surface area (Å²) < 4.78 is 14.9. The van der Waals surface area contributed by atoms with Gasteiger partial charge in [0.15, 0.2) is 5.69 Å². The second-order valence-electron chi connectivity index (χ2n) is 9.30. The molecule has 0 spiro atoms. The van der Waals surface area contributed by atoms with E-state index in [9.17, 15) is 14.4 Å². The molecule has 0 saturated carbocycles. The number of methoxy groups -OCH3 is 1. The monoisotopic (exact) mass is 553 g/mol. The lowest BCUT2D eigenvalue weighted by Gasteiger charge is -2.31. The molecule has 1 heterocycles. The fraction of sp³-hybridized carbons (Fsp3) is 0.357. The van der Waals surface area contributed by atoms with Crippen molar-refractivity contribution in [2.75, 3.05) is 26.0 Å². The molecule has 0 fully saturated rings. The largest absolute Gasteiger partial charge is 0.497 e. The van der Waals surface area contributed by atoms with E-state index in [-0.39, 0.29) is 28.7 Å². The molecule has 208 valence electrons. The van der Waals surface area contributed by atoms with E-state index >= 15 is 0 Å². The minimum atomic E-state index is -1.02. The van der Waals surface area contributed by atoms with Crippen molar-refractivity contribution in [1.29, 1.82) is 0 Å². The zero-order valence-electron chi connectivity index (χ0n) is 22.6. The maximum Gasteiger partial charge on any atom is 0.270 e. The molecule has 39 heavy (non-hydrogen) atoms. The number of nitrogens with one attached hydrogen (secondary N) is 1. The van der Waals surface area contributed by atoms with E-state index < -0.39 is 17.9 Å². The molecule has 1 aromatic heterocycles. The Morgan fingerprint density at radius 2 is 1.82 bits per heavy atom. The number of hydrogen-bond donors (Lipinski definition) is 3. The van der Waals surface area contributed by atoms with Crippen molar-refractivity contribution < 1.29 is 23.9 Å². The normalized spacial score (nSPS) is 11.6. The third kappa shape index (κ3) is 7.47. The Balaban J connectivity index is 2.11. The van der Waals surface area contributed by atoms with Gasteiger partial charge in [0, 0.05) is 13.1 Å². The first kappa shape index (κ1) is 29.4. The van der Waals surface area contributed by atoms with Gasteiger partial charge >= 0.3 is 0 Å². The number of aromatic nitrogens is 1. The summed E-state index contributed by atoms with van der Waals surface area (Å²) >= 11 is 0.771. The summed E-state index contributed by atoms with van der Waals surface area (Å²) in [5, 5.41) is 2.98. The van der Waals surface area contributed by atoms with Crippen molar-refractivity contribution in [2.45, 2.75) is 39.8 Å². The van der Waals surface area contributed by atoms with Gasteiger partial charge in [-0.05, 0) is 66.2 Å². The van der Waals surface area contributed by atoms with Crippen LogP contribution in [0.4, 0.5) is 5.69 Å². The molecule has 1 atom stereocenters. The second kappa shape index (κ2) is 13.6. The minimum absolute atomic E-state index is 0.0256. The number of nitrogen functional groups attached to an aromatic ring is 1. The number of hydrogen-bond acceptors (Lipinski definition) is 8. The van der Waals surface area contributed by atoms with Crippen molar-refractivity contribution in [3.8, 4) is 11.5 Å². The van der Waals surface area contributed by atoms with Gasteiger partial charge in [0.1, 0.15) is 22.4 Å². The van der Waals surface area contributed by atoms with Gasteiger partial charge in [-0.25, -0.2) is 0 Å². The summed E-state index contributed by atoms with van der Waals surface area (Å²) in [7, 11) is 1.55. The Kier molecular flexibility index (Phi) is 10.3. The van der Waals surface area contributed by atoms with E-state index in [0.717, 1.165) is 23.5 Å². The van der Waals surface area contributed by atoms with Gasteiger partial charge in [0.2, 0.25) is 5.91 Å². The highest BCUT2D eigenvalue weighted by Gasteiger charge is 2.35. The summed E-state index contributed by atoms with van der Waals surface area (Å²) in [6.45, 7) is 7.00. The summed E-state index contributed by atoms with van der Waals surface area (Å²) in [5.41, 5.74) is 12.5. The fourth-order valence-electron chi connectivity index (χ4n) is 3.97. The minimum Gasteiger partial charge on any atom is -0.497 e. The van der Waals surface area contributed by atoms with Crippen LogP contribution in [-0.2, 0) is 11.3 Å². The first-order valence-corrected chi connectivity index (χ1v) is 13.4. The molecule has 2 aromatic carbocycles. The van der Waals surface area contributed by atoms with Gasteiger partial charge in [-0.2, -0.15) is 4.37 Å². The number of nitrogens with zero attached hydrogens (tertiary/aromatic N) is 2. The van der Waals surface area contributed by atoms with E-state index in [0.29, 0.717) is 36.1 Å². The van der Waals surface area contributed by atoms with Crippen molar-refractivity contribution in [2.24, 2.45) is 11.7 Å². The first-order valence-electron chi connectivity index (χ1n) is 12.7. The molecule has 0 saturated heterocycles. The van der Waals surface area contributed by atoms with Gasteiger partial charge < -0.3 is 31.2 Å². The quantitative estimate of drug-likeness (QED) is 0.291. The number of nitrogens with two attached hydrogens (primary N) is 2. The molecule has 0 unspecified atom stereocenters. The maximum atomic E-state index is 14.1. The molecule has 0 radical (unpaired) electrons. The van der Waals surface area contributed by atoms with E-state index in [1.807, 2.05) is 13.0 Å². The number of ether oxygens (including phenoxy) is 2. The molecule has 0 aliphatic carbocycles. The Labute approximate surface area is 232 Å². The lowest BCUT2D eigenvalue weighted by atomic mass is 10.0. The summed E-state index contributed by atoms with van der Waals surface area (Å²) in [4.78, 5) is 41.0. The zero-order valence-corrected chi connectivity index (χ0v) is 23.4. The number of anilines is 1. The average Bonchev–Trinajstić information content (AvgIpc) is 3.30. The van der Waals surface area contributed by atoms with E-state index in [2.05, 4.69) is 23.5 Å². The molecule has 0 aliphatic heterocycles. The number of carbonyl (C=O) groups is 3. The van der Waals surface area contributed by atoms with E-state index in [1.165, 1.54) is 4.90 Å². The third-order valence-corrected chi connectivity index (χ3v) is 6.84. The summed E-state index contributed by atoms with van der Waals surface area (Å²) in [5.74, 6) is -0.118. The summed E-state index contributed by atoms with van der Waals surface area (Å²) in [6.07, 6.45) is 0.773. The SMILES string of the molecule is CCOc1ccc([C@@H](C(=O)NCCC(C)C)N(Cc2cccc(OC)c2)C(=O)c2snc(C(N)=O)c2N)cc1. The van der Waals surface area contributed by atoms with Gasteiger partial charge in [-0.1, -0.05) is 38.1 Å². The van der Waals surface area contributed by atoms with Crippen LogP contribution in [-0.4, -0.2) is 47.3 Å². The molecule has 3 rings (SSSR count). The van der Waals surface area contributed by atoms with Crippen LogP contribution < -0.4 is 26.3 Å². The van der Waals surface area contributed by atoms with E-state index in [1.54, 1.807) is 49.6 Å². The number of rotatable bonds is 13. The van der Waals surface area contributed by atoms with Crippen LogP contribution in [0.1, 0.15) is 64.5 Å². The van der Waals surface area contributed by atoms with Crippen molar-refractivity contribution in [3.05, 3.63) is 70.2 Å². The van der Waals surface area contributed by atoms with Crippen molar-refractivity contribution in [1.82, 2.24) is 14.6 Å². The van der Waals surface area contributed by atoms with Crippen LogP contribution in [0.5, 0.6) is 11.5 Å². The van der Waals surface area contributed by atoms with E-state index in [4.69, 9.17) is 20.9 Å². The van der Waals surface area contributed by atoms with Gasteiger partial charge in [-0.15, -0.1) is 0 Å². The predicted octanol–water partition coefficient (Wildman–Crippen LogP) is 3.78. The molecule has 3 amide bonds. The first-order chi connectivity index (χ1) is 18.7. The molecule has 10 nitrogen and oxygen atoms in total. The molecule has 3 aromatic rings. The molecule has 0 bridgehead atoms. The van der Waals surface area contributed by atoms with Crippen LogP contribution in [0.2, 0.25) is 0 Å². The Bertz CT molecular complexity index is 1290. The van der Waals surface area contributed by atoms with Crippen LogP contribution in [0, 0.1) is 5.92 Å². The van der Waals surface area contributed by atoms with Crippen LogP contribution in [0.3, 0.4) is 0 Å². The van der Waals surface area contributed by atoms with Gasteiger partial charge in [0.05, 0.1) is 19.4 Å². The smallest absolute Gasteiger partial charge is 0.270 e. The Morgan fingerprint density at radius 3 is 2.41 bits per heavy atom. The van der Waals surface area contributed by atoms with Crippen molar-refractivity contribution in [3.63, 3.8) is 0 Å². The van der Waals surface area contributed by atoms with Crippen LogP contribution in [0.15, 0.2) is 48.5 Å². The highest BCUT2D eigenvalue weighted by atomic mass is 32.1. The summed E-state index contributed by atoms with van der Waals surface area (Å²) in [6, 6.07) is 13.2. The third-order valence-electron chi connectivity index (χ3n) is 5.99. The van der Waals surface area contributed by atoms with Gasteiger partial charge in [-0.3, -0.25) is 14.4 Å². The average molecular weight is 554 g/mol. The fourth-order valence-corrected chi connectivity index (χ4v) is 4.74. The predicted molar refractivity (Wildman–Crippen MR) is 151 cm³/mol. The lowest BCUT2D eigenvalue weighted by Crippen LogP contribution is -2.43. The molecule has 0 aliphatic rings. The number of amides is 3. The number of primary amides is 1. The number of benzene rings is 2. The van der Waals surface area contributed by atoms with Crippen molar-refractivity contribution >= 4 is 34.9 Å². The Hall–Kier alpha value is -4.12. The second-order valence-corrected chi connectivity index (χ2v) is 10.1. The number of carbonyl (C=O) groups excluding carboxylic acids is 3. The highest BCUT2D eigenvalue weighted by Crippen LogP contribution is 2.31. The Morgan fingerprint density at radius 1 is 1.10 bits per heavy atom.